The minimum Gasteiger partial charge on any atom is -0.495 e. The summed E-state index contributed by atoms with van der Waals surface area (Å²) in [6.45, 7) is 1.82. The van der Waals surface area contributed by atoms with Crippen LogP contribution >= 0.6 is 0 Å². The highest BCUT2D eigenvalue weighted by atomic mass is 16.5. The Morgan fingerprint density at radius 2 is 2.29 bits per heavy atom. The SMILES string of the molecule is COc1ccc(NC(C)C(=O)NC2CC2)nc1. The van der Waals surface area contributed by atoms with Gasteiger partial charge in [-0.2, -0.15) is 0 Å². The highest BCUT2D eigenvalue weighted by Gasteiger charge is 2.25. The van der Waals surface area contributed by atoms with Gasteiger partial charge in [-0.3, -0.25) is 4.79 Å². The Bertz CT molecular complexity index is 387. The van der Waals surface area contributed by atoms with Gasteiger partial charge in [-0.25, -0.2) is 4.98 Å². The van der Waals surface area contributed by atoms with Crippen molar-refractivity contribution in [1.29, 1.82) is 0 Å². The first-order valence-corrected chi connectivity index (χ1v) is 5.76. The minimum atomic E-state index is -0.281. The van der Waals surface area contributed by atoms with Gasteiger partial charge in [0.1, 0.15) is 17.6 Å². The molecule has 17 heavy (non-hydrogen) atoms. The molecule has 1 aliphatic carbocycles. The second kappa shape index (κ2) is 5.03. The van der Waals surface area contributed by atoms with Crippen molar-refractivity contribution in [2.75, 3.05) is 12.4 Å². The molecular formula is C12H17N3O2. The summed E-state index contributed by atoms with van der Waals surface area (Å²) in [6, 6.07) is 3.70. The van der Waals surface area contributed by atoms with Crippen LogP contribution in [0, 0.1) is 0 Å². The molecule has 2 N–H and O–H groups in total. The first-order chi connectivity index (χ1) is 8.19. The predicted molar refractivity (Wildman–Crippen MR) is 65.0 cm³/mol. The van der Waals surface area contributed by atoms with Crippen LogP contribution in [0.25, 0.3) is 0 Å². The van der Waals surface area contributed by atoms with E-state index in [2.05, 4.69) is 15.6 Å². The van der Waals surface area contributed by atoms with E-state index in [0.29, 0.717) is 17.6 Å². The zero-order chi connectivity index (χ0) is 12.3. The molecule has 92 valence electrons. The van der Waals surface area contributed by atoms with Gasteiger partial charge in [-0.1, -0.05) is 0 Å². The van der Waals surface area contributed by atoms with E-state index in [1.165, 1.54) is 0 Å². The van der Waals surface area contributed by atoms with E-state index in [1.54, 1.807) is 25.4 Å². The van der Waals surface area contributed by atoms with Gasteiger partial charge in [-0.15, -0.1) is 0 Å². The highest BCUT2D eigenvalue weighted by molar-refractivity contribution is 5.84. The number of carbonyl (C=O) groups excluding carboxylic acids is 1. The summed E-state index contributed by atoms with van der Waals surface area (Å²) in [5, 5.41) is 5.99. The van der Waals surface area contributed by atoms with Gasteiger partial charge in [0.05, 0.1) is 13.3 Å². The smallest absolute Gasteiger partial charge is 0.242 e. The Balaban J connectivity index is 1.87. The molecule has 0 bridgehead atoms. The van der Waals surface area contributed by atoms with E-state index in [0.717, 1.165) is 12.8 Å². The Labute approximate surface area is 101 Å². The Kier molecular flexibility index (Phi) is 3.46. The number of pyridine rings is 1. The van der Waals surface area contributed by atoms with Crippen molar-refractivity contribution in [2.24, 2.45) is 0 Å². The van der Waals surface area contributed by atoms with Gasteiger partial charge >= 0.3 is 0 Å². The highest BCUT2D eigenvalue weighted by Crippen LogP contribution is 2.19. The number of nitrogens with one attached hydrogen (secondary N) is 2. The second-order valence-corrected chi connectivity index (χ2v) is 4.23. The first-order valence-electron chi connectivity index (χ1n) is 5.76. The van der Waals surface area contributed by atoms with Gasteiger partial charge in [0.25, 0.3) is 0 Å². The maximum atomic E-state index is 11.7. The predicted octanol–water partition coefficient (Wildman–Crippen LogP) is 1.17. The van der Waals surface area contributed by atoms with Crippen LogP contribution in [0.5, 0.6) is 5.75 Å². The number of hydrogen-bond acceptors (Lipinski definition) is 4. The summed E-state index contributed by atoms with van der Waals surface area (Å²) in [5.41, 5.74) is 0. The second-order valence-electron chi connectivity index (χ2n) is 4.23. The third-order valence-electron chi connectivity index (χ3n) is 2.65. The number of aromatic nitrogens is 1. The Hall–Kier alpha value is -1.78. The van der Waals surface area contributed by atoms with Crippen LogP contribution in [0.15, 0.2) is 18.3 Å². The van der Waals surface area contributed by atoms with E-state index in [4.69, 9.17) is 4.74 Å². The molecule has 1 aliphatic rings. The molecule has 1 amide bonds. The number of ether oxygens (including phenoxy) is 1. The third kappa shape index (κ3) is 3.34. The molecule has 1 unspecified atom stereocenters. The van der Waals surface area contributed by atoms with E-state index >= 15 is 0 Å². The van der Waals surface area contributed by atoms with Crippen molar-refractivity contribution in [2.45, 2.75) is 31.8 Å². The summed E-state index contributed by atoms with van der Waals surface area (Å²) < 4.78 is 5.01. The summed E-state index contributed by atoms with van der Waals surface area (Å²) >= 11 is 0. The van der Waals surface area contributed by atoms with Crippen molar-refractivity contribution < 1.29 is 9.53 Å². The molecule has 0 aromatic carbocycles. The summed E-state index contributed by atoms with van der Waals surface area (Å²) in [7, 11) is 1.59. The van der Waals surface area contributed by atoms with Gasteiger partial charge in [-0.05, 0) is 31.9 Å². The van der Waals surface area contributed by atoms with E-state index < -0.39 is 0 Å². The van der Waals surface area contributed by atoms with Crippen molar-refractivity contribution >= 4 is 11.7 Å². The fourth-order valence-corrected chi connectivity index (χ4v) is 1.43. The molecule has 1 atom stereocenters. The largest absolute Gasteiger partial charge is 0.495 e. The molecular weight excluding hydrogens is 218 g/mol. The lowest BCUT2D eigenvalue weighted by Crippen LogP contribution is -2.38. The summed E-state index contributed by atoms with van der Waals surface area (Å²) in [5.74, 6) is 1.39. The molecule has 1 aromatic rings. The van der Waals surface area contributed by atoms with Crippen molar-refractivity contribution in [3.8, 4) is 5.75 Å². The quantitative estimate of drug-likeness (QED) is 0.804. The molecule has 0 saturated heterocycles. The molecule has 5 nitrogen and oxygen atoms in total. The van der Waals surface area contributed by atoms with Gasteiger partial charge < -0.3 is 15.4 Å². The van der Waals surface area contributed by atoms with Crippen LogP contribution in [0.3, 0.4) is 0 Å². The molecule has 1 saturated carbocycles. The number of nitrogens with zero attached hydrogens (tertiary/aromatic N) is 1. The van der Waals surface area contributed by atoms with Crippen LogP contribution in [0.1, 0.15) is 19.8 Å². The molecule has 1 fully saturated rings. The Morgan fingerprint density at radius 3 is 2.82 bits per heavy atom. The molecule has 0 aliphatic heterocycles. The minimum absolute atomic E-state index is 0.0186. The average molecular weight is 235 g/mol. The van der Waals surface area contributed by atoms with Crippen LogP contribution in [-0.4, -0.2) is 30.1 Å². The van der Waals surface area contributed by atoms with Crippen LogP contribution in [0.2, 0.25) is 0 Å². The maximum absolute atomic E-state index is 11.7. The summed E-state index contributed by atoms with van der Waals surface area (Å²) in [6.07, 6.45) is 3.81. The first kappa shape index (κ1) is 11.7. The van der Waals surface area contributed by atoms with Crippen molar-refractivity contribution in [3.05, 3.63) is 18.3 Å². The van der Waals surface area contributed by atoms with Gasteiger partial charge in [0.15, 0.2) is 0 Å². The van der Waals surface area contributed by atoms with Gasteiger partial charge in [0.2, 0.25) is 5.91 Å². The molecule has 1 heterocycles. The van der Waals surface area contributed by atoms with E-state index in [-0.39, 0.29) is 11.9 Å². The van der Waals surface area contributed by atoms with E-state index in [9.17, 15) is 4.79 Å². The van der Waals surface area contributed by atoms with E-state index in [1.807, 2.05) is 6.92 Å². The third-order valence-corrected chi connectivity index (χ3v) is 2.65. The lowest BCUT2D eigenvalue weighted by atomic mass is 10.3. The van der Waals surface area contributed by atoms with Crippen LogP contribution in [0.4, 0.5) is 5.82 Å². The summed E-state index contributed by atoms with van der Waals surface area (Å²) in [4.78, 5) is 15.8. The van der Waals surface area contributed by atoms with Crippen molar-refractivity contribution in [3.63, 3.8) is 0 Å². The monoisotopic (exact) mass is 235 g/mol. The molecule has 1 aromatic heterocycles. The van der Waals surface area contributed by atoms with Crippen molar-refractivity contribution in [1.82, 2.24) is 10.3 Å². The Morgan fingerprint density at radius 1 is 1.53 bits per heavy atom. The molecule has 2 rings (SSSR count). The number of methoxy groups -OCH3 is 1. The number of amides is 1. The van der Waals surface area contributed by atoms with Gasteiger partial charge in [0, 0.05) is 6.04 Å². The number of anilines is 1. The fourth-order valence-electron chi connectivity index (χ4n) is 1.43. The lowest BCUT2D eigenvalue weighted by molar-refractivity contribution is -0.121. The van der Waals surface area contributed by atoms with Crippen LogP contribution in [-0.2, 0) is 4.79 Å². The maximum Gasteiger partial charge on any atom is 0.242 e. The number of carbonyl (C=O) groups is 1. The zero-order valence-corrected chi connectivity index (χ0v) is 10.1. The normalized spacial score (nSPS) is 16.1. The molecule has 0 radical (unpaired) electrons. The lowest BCUT2D eigenvalue weighted by Gasteiger charge is -2.14. The number of rotatable bonds is 5. The standard InChI is InChI=1S/C12H17N3O2/c1-8(12(16)15-9-3-4-9)14-11-6-5-10(17-2)7-13-11/h5-9H,3-4H2,1-2H3,(H,13,14)(H,15,16). The zero-order valence-electron chi connectivity index (χ0n) is 10.1. The average Bonchev–Trinajstić information content (AvgIpc) is 3.14. The molecule has 0 spiro atoms. The fraction of sp³-hybridized carbons (Fsp3) is 0.500. The topological polar surface area (TPSA) is 63.2 Å². The molecule has 5 heteroatoms. The number of hydrogen-bond donors (Lipinski definition) is 2. The van der Waals surface area contributed by atoms with Crippen LogP contribution < -0.4 is 15.4 Å².